The average molecular weight is 356 g/mol. The molecule has 0 spiro atoms. The minimum absolute atomic E-state index is 0.143. The molecule has 124 valence electrons. The predicted molar refractivity (Wildman–Crippen MR) is 94.3 cm³/mol. The Bertz CT molecular complexity index is 1110. The van der Waals surface area contributed by atoms with E-state index in [9.17, 15) is 8.78 Å². The molecule has 0 fully saturated rings. The molecule has 2 heterocycles. The number of benzene rings is 2. The summed E-state index contributed by atoms with van der Waals surface area (Å²) in [6, 6.07) is 11.4. The Morgan fingerprint density at radius 3 is 2.64 bits per heavy atom. The van der Waals surface area contributed by atoms with E-state index in [-0.39, 0.29) is 10.6 Å². The van der Waals surface area contributed by atoms with Crippen molar-refractivity contribution in [3.8, 4) is 22.4 Å². The zero-order valence-electron chi connectivity index (χ0n) is 13.2. The van der Waals surface area contributed by atoms with Crippen molar-refractivity contribution in [2.45, 2.75) is 0 Å². The molecule has 0 aliphatic heterocycles. The maximum Gasteiger partial charge on any atom is 0.144 e. The molecule has 4 rings (SSSR count). The van der Waals surface area contributed by atoms with E-state index in [0.29, 0.717) is 5.69 Å². The number of imidazole rings is 1. The molecule has 0 unspecified atom stereocenters. The van der Waals surface area contributed by atoms with Crippen LogP contribution >= 0.6 is 11.6 Å². The predicted octanol–water partition coefficient (Wildman–Crippen LogP) is 5.23. The van der Waals surface area contributed by atoms with E-state index in [0.717, 1.165) is 28.2 Å². The van der Waals surface area contributed by atoms with Gasteiger partial charge in [-0.3, -0.25) is 4.98 Å². The van der Waals surface area contributed by atoms with Crippen molar-refractivity contribution in [1.82, 2.24) is 14.5 Å². The van der Waals surface area contributed by atoms with Crippen LogP contribution in [0.5, 0.6) is 0 Å². The van der Waals surface area contributed by atoms with Crippen molar-refractivity contribution in [3.63, 3.8) is 0 Å². The first-order chi connectivity index (χ1) is 12.0. The number of nitrogens with zero attached hydrogens (tertiary/aromatic N) is 3. The van der Waals surface area contributed by atoms with Gasteiger partial charge in [-0.05, 0) is 29.8 Å². The van der Waals surface area contributed by atoms with Crippen molar-refractivity contribution in [3.05, 3.63) is 71.6 Å². The van der Waals surface area contributed by atoms with Gasteiger partial charge in [0.2, 0.25) is 0 Å². The highest BCUT2D eigenvalue weighted by atomic mass is 35.5. The fraction of sp³-hybridized carbons (Fsp3) is 0.0526. The fourth-order valence-electron chi connectivity index (χ4n) is 2.85. The zero-order valence-corrected chi connectivity index (χ0v) is 13.9. The van der Waals surface area contributed by atoms with Crippen molar-refractivity contribution in [2.75, 3.05) is 0 Å². The van der Waals surface area contributed by atoms with Crippen molar-refractivity contribution < 1.29 is 8.78 Å². The summed E-state index contributed by atoms with van der Waals surface area (Å²) in [6.45, 7) is 0. The fourth-order valence-corrected chi connectivity index (χ4v) is 3.01. The molecule has 25 heavy (non-hydrogen) atoms. The van der Waals surface area contributed by atoms with Gasteiger partial charge >= 0.3 is 0 Å². The molecule has 0 aliphatic carbocycles. The van der Waals surface area contributed by atoms with E-state index in [1.165, 1.54) is 6.07 Å². The average Bonchev–Trinajstić information content (AvgIpc) is 2.99. The van der Waals surface area contributed by atoms with Crippen LogP contribution in [0, 0.1) is 11.6 Å². The molecule has 0 amide bonds. The van der Waals surface area contributed by atoms with Gasteiger partial charge in [0.15, 0.2) is 0 Å². The highest BCUT2D eigenvalue weighted by Crippen LogP contribution is 2.34. The number of pyridine rings is 1. The molecular weight excluding hydrogens is 344 g/mol. The van der Waals surface area contributed by atoms with Gasteiger partial charge in [-0.1, -0.05) is 23.7 Å². The Kier molecular flexibility index (Phi) is 3.73. The molecule has 0 aliphatic rings. The summed E-state index contributed by atoms with van der Waals surface area (Å²) in [7, 11) is 1.91. The molecule has 0 atom stereocenters. The van der Waals surface area contributed by atoms with E-state index in [1.54, 1.807) is 18.6 Å². The third-order valence-corrected chi connectivity index (χ3v) is 4.40. The van der Waals surface area contributed by atoms with Gasteiger partial charge in [-0.15, -0.1) is 0 Å². The maximum absolute atomic E-state index is 14.3. The number of fused-ring (bicyclic) bond motifs is 1. The number of halogens is 3. The Morgan fingerprint density at radius 2 is 1.80 bits per heavy atom. The zero-order chi connectivity index (χ0) is 17.6. The van der Waals surface area contributed by atoms with E-state index in [2.05, 4.69) is 9.97 Å². The van der Waals surface area contributed by atoms with E-state index in [1.807, 2.05) is 35.9 Å². The highest BCUT2D eigenvalue weighted by molar-refractivity contribution is 6.31. The third-order valence-electron chi connectivity index (χ3n) is 4.11. The van der Waals surface area contributed by atoms with Crippen LogP contribution in [-0.2, 0) is 7.05 Å². The number of hydrogen-bond donors (Lipinski definition) is 0. The molecule has 4 aromatic rings. The van der Waals surface area contributed by atoms with Crippen LogP contribution in [0.25, 0.3) is 33.4 Å². The molecule has 0 N–H and O–H groups in total. The second-order valence-electron chi connectivity index (χ2n) is 5.70. The van der Waals surface area contributed by atoms with Gasteiger partial charge in [0.05, 0.1) is 28.1 Å². The molecular formula is C19H12ClF2N3. The first-order valence-electron chi connectivity index (χ1n) is 7.56. The Hall–Kier alpha value is -2.79. The van der Waals surface area contributed by atoms with Crippen LogP contribution in [0.4, 0.5) is 8.78 Å². The SMILES string of the molecule is Cn1cnc2ccc(-c3cccnc3-c3cc(Cl)c(F)cc3F)cc21. The van der Waals surface area contributed by atoms with Crippen LogP contribution in [0.3, 0.4) is 0 Å². The van der Waals surface area contributed by atoms with Gasteiger partial charge < -0.3 is 4.57 Å². The van der Waals surface area contributed by atoms with Crippen LogP contribution in [0.2, 0.25) is 5.02 Å². The summed E-state index contributed by atoms with van der Waals surface area (Å²) >= 11 is 5.84. The summed E-state index contributed by atoms with van der Waals surface area (Å²) in [4.78, 5) is 8.60. The Morgan fingerprint density at radius 1 is 0.960 bits per heavy atom. The number of aryl methyl sites for hydroxylation is 1. The molecule has 2 aromatic carbocycles. The van der Waals surface area contributed by atoms with Crippen LogP contribution in [0.15, 0.2) is 55.0 Å². The number of aromatic nitrogens is 3. The largest absolute Gasteiger partial charge is 0.334 e. The lowest BCUT2D eigenvalue weighted by atomic mass is 9.98. The van der Waals surface area contributed by atoms with Gasteiger partial charge in [0.1, 0.15) is 11.6 Å². The lowest BCUT2D eigenvalue weighted by molar-refractivity contribution is 0.585. The second kappa shape index (κ2) is 5.93. The summed E-state index contributed by atoms with van der Waals surface area (Å²) < 4.78 is 29.7. The summed E-state index contributed by atoms with van der Waals surface area (Å²) in [5, 5.41) is -0.143. The quantitative estimate of drug-likeness (QED) is 0.461. The second-order valence-corrected chi connectivity index (χ2v) is 6.11. The lowest BCUT2D eigenvalue weighted by Crippen LogP contribution is -1.94. The molecule has 0 saturated heterocycles. The smallest absolute Gasteiger partial charge is 0.144 e. The highest BCUT2D eigenvalue weighted by Gasteiger charge is 2.16. The molecule has 0 radical (unpaired) electrons. The van der Waals surface area contributed by atoms with Crippen molar-refractivity contribution >= 4 is 22.6 Å². The number of hydrogen-bond acceptors (Lipinski definition) is 2. The van der Waals surface area contributed by atoms with Crippen molar-refractivity contribution in [1.29, 1.82) is 0 Å². The molecule has 0 saturated carbocycles. The first-order valence-corrected chi connectivity index (χ1v) is 7.94. The summed E-state index contributed by atoms with van der Waals surface area (Å²) in [5.74, 6) is -1.50. The van der Waals surface area contributed by atoms with Crippen LogP contribution in [0.1, 0.15) is 0 Å². The molecule has 3 nitrogen and oxygen atoms in total. The Labute approximate surface area is 147 Å². The first kappa shape index (κ1) is 15.7. The van der Waals surface area contributed by atoms with E-state index in [4.69, 9.17) is 11.6 Å². The monoisotopic (exact) mass is 355 g/mol. The van der Waals surface area contributed by atoms with Crippen LogP contribution < -0.4 is 0 Å². The summed E-state index contributed by atoms with van der Waals surface area (Å²) in [6.07, 6.45) is 3.30. The minimum Gasteiger partial charge on any atom is -0.334 e. The standard InChI is InChI=1S/C19H12ClF2N3/c1-25-10-24-17-5-4-11(7-18(17)25)12-3-2-6-23-19(12)13-8-14(20)16(22)9-15(13)21/h2-10H,1H3. The molecule has 2 aromatic heterocycles. The van der Waals surface area contributed by atoms with Gasteiger partial charge in [-0.2, -0.15) is 0 Å². The molecule has 6 heteroatoms. The van der Waals surface area contributed by atoms with Gasteiger partial charge in [0, 0.05) is 30.4 Å². The maximum atomic E-state index is 14.3. The number of rotatable bonds is 2. The molecule has 0 bridgehead atoms. The van der Waals surface area contributed by atoms with Crippen LogP contribution in [-0.4, -0.2) is 14.5 Å². The third kappa shape index (κ3) is 2.66. The van der Waals surface area contributed by atoms with E-state index < -0.39 is 11.6 Å². The normalized spacial score (nSPS) is 11.2. The minimum atomic E-state index is -0.795. The van der Waals surface area contributed by atoms with E-state index >= 15 is 0 Å². The van der Waals surface area contributed by atoms with Gasteiger partial charge in [0.25, 0.3) is 0 Å². The Balaban J connectivity index is 1.95. The topological polar surface area (TPSA) is 30.7 Å². The van der Waals surface area contributed by atoms with Crippen molar-refractivity contribution in [2.24, 2.45) is 7.05 Å². The summed E-state index contributed by atoms with van der Waals surface area (Å²) in [5.41, 5.74) is 3.97. The lowest BCUT2D eigenvalue weighted by Gasteiger charge is -2.11. The van der Waals surface area contributed by atoms with Gasteiger partial charge in [-0.25, -0.2) is 13.8 Å².